The molecule has 0 aromatic carbocycles. The quantitative estimate of drug-likeness (QED) is 0.850. The fourth-order valence-corrected chi connectivity index (χ4v) is 4.09. The molecule has 0 saturated heterocycles. The van der Waals surface area contributed by atoms with Crippen molar-refractivity contribution in [3.63, 3.8) is 0 Å². The summed E-state index contributed by atoms with van der Waals surface area (Å²) in [6.45, 7) is 5.48. The van der Waals surface area contributed by atoms with E-state index >= 15 is 0 Å². The molecule has 1 aliphatic rings. The van der Waals surface area contributed by atoms with Crippen LogP contribution in [0.15, 0.2) is 10.7 Å². The molecular weight excluding hydrogens is 328 g/mol. The molecule has 1 saturated carbocycles. The lowest BCUT2D eigenvalue weighted by Gasteiger charge is -2.35. The van der Waals surface area contributed by atoms with Crippen molar-refractivity contribution in [2.24, 2.45) is 11.8 Å². The molecule has 1 heterocycles. The van der Waals surface area contributed by atoms with Gasteiger partial charge in [0.2, 0.25) is 0 Å². The first-order valence-electron chi connectivity index (χ1n) is 8.03. The van der Waals surface area contributed by atoms with E-state index in [4.69, 9.17) is 0 Å². The summed E-state index contributed by atoms with van der Waals surface area (Å²) in [6.07, 6.45) is 5.92. The number of hydrogen-bond acceptors (Lipinski definition) is 3. The van der Waals surface area contributed by atoms with Gasteiger partial charge < -0.3 is 10.2 Å². The Kier molecular flexibility index (Phi) is 6.26. The third-order valence-corrected chi connectivity index (χ3v) is 5.28. The zero-order valence-electron chi connectivity index (χ0n) is 13.8. The summed E-state index contributed by atoms with van der Waals surface area (Å²) in [6, 6.07) is 0. The molecule has 1 aromatic heterocycles. The van der Waals surface area contributed by atoms with Crippen LogP contribution >= 0.6 is 15.9 Å². The molecular formula is C16H29BrN4. The van der Waals surface area contributed by atoms with Gasteiger partial charge in [-0.3, -0.25) is 4.68 Å². The average Bonchev–Trinajstić information content (AvgIpc) is 2.80. The van der Waals surface area contributed by atoms with Crippen LogP contribution in [0.5, 0.6) is 0 Å². The van der Waals surface area contributed by atoms with E-state index in [1.165, 1.54) is 29.4 Å². The molecule has 1 N–H and O–H groups in total. The van der Waals surface area contributed by atoms with E-state index in [-0.39, 0.29) is 0 Å². The summed E-state index contributed by atoms with van der Waals surface area (Å²) < 4.78 is 3.40. The summed E-state index contributed by atoms with van der Waals surface area (Å²) in [5.74, 6) is 2.14. The lowest BCUT2D eigenvalue weighted by molar-refractivity contribution is 0.233. The Bertz CT molecular complexity index is 443. The summed E-state index contributed by atoms with van der Waals surface area (Å²) >= 11 is 3.74. The predicted octanol–water partition coefficient (Wildman–Crippen LogP) is 2.95. The van der Waals surface area contributed by atoms with E-state index < -0.39 is 0 Å². The number of nitrogens with one attached hydrogen (secondary N) is 1. The zero-order valence-corrected chi connectivity index (χ0v) is 15.4. The molecule has 0 radical (unpaired) electrons. The highest BCUT2D eigenvalue weighted by atomic mass is 79.9. The number of rotatable bonds is 6. The molecule has 0 spiro atoms. The summed E-state index contributed by atoms with van der Waals surface area (Å²) in [7, 11) is 6.29. The molecule has 2 rings (SSSR count). The lowest BCUT2D eigenvalue weighted by Crippen LogP contribution is -2.32. The first-order chi connectivity index (χ1) is 10.0. The molecule has 3 unspecified atom stereocenters. The maximum absolute atomic E-state index is 4.61. The van der Waals surface area contributed by atoms with Gasteiger partial charge >= 0.3 is 0 Å². The fourth-order valence-electron chi connectivity index (χ4n) is 3.50. The second-order valence-corrected chi connectivity index (χ2v) is 7.60. The van der Waals surface area contributed by atoms with Crippen molar-refractivity contribution >= 4 is 15.9 Å². The van der Waals surface area contributed by atoms with Crippen LogP contribution in [-0.4, -0.2) is 48.9 Å². The highest BCUT2D eigenvalue weighted by molar-refractivity contribution is 9.10. The Morgan fingerprint density at radius 1 is 1.43 bits per heavy atom. The van der Waals surface area contributed by atoms with Gasteiger partial charge in [-0.05, 0) is 68.3 Å². The van der Waals surface area contributed by atoms with Gasteiger partial charge in [-0.1, -0.05) is 13.3 Å². The Morgan fingerprint density at radius 3 is 2.86 bits per heavy atom. The van der Waals surface area contributed by atoms with Crippen molar-refractivity contribution in [3.8, 4) is 0 Å². The van der Waals surface area contributed by atoms with Gasteiger partial charge in [-0.2, -0.15) is 5.10 Å². The third-order valence-electron chi connectivity index (χ3n) is 4.67. The molecule has 3 atom stereocenters. The van der Waals surface area contributed by atoms with Crippen LogP contribution in [0.4, 0.5) is 0 Å². The molecule has 0 aliphatic heterocycles. The van der Waals surface area contributed by atoms with Gasteiger partial charge in [0, 0.05) is 12.5 Å². The number of halogens is 1. The highest BCUT2D eigenvalue weighted by Gasteiger charge is 2.33. The van der Waals surface area contributed by atoms with Gasteiger partial charge in [0.15, 0.2) is 0 Å². The van der Waals surface area contributed by atoms with E-state index in [1.54, 1.807) is 0 Å². The van der Waals surface area contributed by atoms with Crippen LogP contribution in [0, 0.1) is 11.8 Å². The Morgan fingerprint density at radius 2 is 2.19 bits per heavy atom. The second kappa shape index (κ2) is 7.75. The topological polar surface area (TPSA) is 33.1 Å². The van der Waals surface area contributed by atoms with E-state index in [9.17, 15) is 0 Å². The van der Waals surface area contributed by atoms with E-state index in [0.29, 0.717) is 5.92 Å². The van der Waals surface area contributed by atoms with Crippen molar-refractivity contribution in [2.75, 3.05) is 34.2 Å². The number of nitrogens with zero attached hydrogens (tertiary/aromatic N) is 3. The van der Waals surface area contributed by atoms with Crippen molar-refractivity contribution in [2.45, 2.75) is 38.6 Å². The fraction of sp³-hybridized carbons (Fsp3) is 0.812. The van der Waals surface area contributed by atoms with Gasteiger partial charge in [-0.25, -0.2) is 0 Å². The second-order valence-electron chi connectivity index (χ2n) is 6.75. The first-order valence-corrected chi connectivity index (χ1v) is 8.82. The first kappa shape index (κ1) is 17.0. The molecule has 0 bridgehead atoms. The van der Waals surface area contributed by atoms with E-state index in [2.05, 4.69) is 64.0 Å². The Hall–Kier alpha value is -0.390. The third kappa shape index (κ3) is 4.30. The number of hydrogen-bond donors (Lipinski definition) is 1. The standard InChI is InChI=1S/C16H29BrN4/c1-12-5-6-13(10-18-2)14(9-12)16-15(17)11-19-21(16)8-7-20(3)4/h11-14,18H,5-10H2,1-4H3. The molecule has 21 heavy (non-hydrogen) atoms. The van der Waals surface area contributed by atoms with Crippen molar-refractivity contribution in [3.05, 3.63) is 16.4 Å². The van der Waals surface area contributed by atoms with Crippen molar-refractivity contribution in [1.29, 1.82) is 0 Å². The maximum atomic E-state index is 4.61. The molecule has 120 valence electrons. The van der Waals surface area contributed by atoms with E-state index in [1.807, 2.05) is 6.20 Å². The van der Waals surface area contributed by atoms with Crippen LogP contribution in [0.2, 0.25) is 0 Å². The molecule has 1 aromatic rings. The molecule has 4 nitrogen and oxygen atoms in total. The smallest absolute Gasteiger partial charge is 0.0635 e. The van der Waals surface area contributed by atoms with Crippen LogP contribution in [0.3, 0.4) is 0 Å². The van der Waals surface area contributed by atoms with Crippen LogP contribution < -0.4 is 5.32 Å². The highest BCUT2D eigenvalue weighted by Crippen LogP contribution is 2.42. The van der Waals surface area contributed by atoms with Gasteiger partial charge in [0.05, 0.1) is 22.9 Å². The Balaban J connectivity index is 2.22. The monoisotopic (exact) mass is 356 g/mol. The molecule has 1 aliphatic carbocycles. The molecule has 0 amide bonds. The normalized spacial score (nSPS) is 26.5. The van der Waals surface area contributed by atoms with Crippen molar-refractivity contribution in [1.82, 2.24) is 20.0 Å². The number of likely N-dealkylation sites (N-methyl/N-ethyl adjacent to an activating group) is 1. The Labute approximate surface area is 137 Å². The number of aromatic nitrogens is 2. The minimum absolute atomic E-state index is 0.611. The SMILES string of the molecule is CNCC1CCC(C)CC1c1c(Br)cnn1CCN(C)C. The van der Waals surface area contributed by atoms with Gasteiger partial charge in [-0.15, -0.1) is 0 Å². The van der Waals surface area contributed by atoms with Crippen molar-refractivity contribution < 1.29 is 0 Å². The lowest BCUT2D eigenvalue weighted by atomic mass is 9.73. The predicted molar refractivity (Wildman–Crippen MR) is 91.7 cm³/mol. The van der Waals surface area contributed by atoms with E-state index in [0.717, 1.165) is 31.5 Å². The minimum Gasteiger partial charge on any atom is -0.319 e. The van der Waals surface area contributed by atoms with Gasteiger partial charge in [0.1, 0.15) is 0 Å². The molecule has 1 fully saturated rings. The summed E-state index contributed by atoms with van der Waals surface area (Å²) in [5.41, 5.74) is 1.41. The molecule has 5 heteroatoms. The van der Waals surface area contributed by atoms with Crippen LogP contribution in [-0.2, 0) is 6.54 Å². The van der Waals surface area contributed by atoms with Crippen LogP contribution in [0.1, 0.15) is 37.8 Å². The van der Waals surface area contributed by atoms with Crippen LogP contribution in [0.25, 0.3) is 0 Å². The summed E-state index contributed by atoms with van der Waals surface area (Å²) in [4.78, 5) is 2.22. The largest absolute Gasteiger partial charge is 0.319 e. The van der Waals surface area contributed by atoms with Gasteiger partial charge in [0.25, 0.3) is 0 Å². The summed E-state index contributed by atoms with van der Waals surface area (Å²) in [5, 5.41) is 7.99. The maximum Gasteiger partial charge on any atom is 0.0635 e. The zero-order chi connectivity index (χ0) is 15.4. The average molecular weight is 357 g/mol. The minimum atomic E-state index is 0.611.